The van der Waals surface area contributed by atoms with E-state index in [1.54, 1.807) is 17.4 Å². The average Bonchev–Trinajstić information content (AvgIpc) is 3.69. The number of aromatic nitrogens is 2. The molecule has 0 radical (unpaired) electrons. The van der Waals surface area contributed by atoms with Crippen molar-refractivity contribution in [1.29, 1.82) is 0 Å². The van der Waals surface area contributed by atoms with E-state index in [1.807, 2.05) is 32.0 Å². The third kappa shape index (κ3) is 6.35. The number of benzene rings is 1. The maximum absolute atomic E-state index is 13.5. The fourth-order valence-electron chi connectivity index (χ4n) is 5.56. The van der Waals surface area contributed by atoms with Gasteiger partial charge in [-0.05, 0) is 67.7 Å². The number of carboxylic acid groups (broad SMARTS) is 1. The van der Waals surface area contributed by atoms with Crippen molar-refractivity contribution in [1.82, 2.24) is 19.8 Å². The molecule has 3 aromatic rings. The summed E-state index contributed by atoms with van der Waals surface area (Å²) in [7, 11) is 0. The van der Waals surface area contributed by atoms with Gasteiger partial charge in [0.1, 0.15) is 17.9 Å². The van der Waals surface area contributed by atoms with Gasteiger partial charge in [0.2, 0.25) is 5.91 Å². The van der Waals surface area contributed by atoms with Crippen LogP contribution >= 0.6 is 11.3 Å². The SMILES string of the molecule is CCC(C)C[C@H](NC(=O)c1ccc2c(c1)nc(Cc1cccs1)n2C(CC)CC)C(=O)N1CCC[C@@H]1C(=O)O. The first-order chi connectivity index (χ1) is 18.8. The third-order valence-electron chi connectivity index (χ3n) is 8.00. The first-order valence-corrected chi connectivity index (χ1v) is 15.0. The lowest BCUT2D eigenvalue weighted by molar-refractivity contribution is -0.149. The molecule has 9 heteroatoms. The van der Waals surface area contributed by atoms with Gasteiger partial charge >= 0.3 is 5.97 Å². The number of nitrogens with one attached hydrogen (secondary N) is 1. The number of fused-ring (bicyclic) bond motifs is 1. The van der Waals surface area contributed by atoms with Crippen LogP contribution in [0.2, 0.25) is 0 Å². The highest BCUT2D eigenvalue weighted by Gasteiger charge is 2.38. The van der Waals surface area contributed by atoms with Crippen molar-refractivity contribution in [3.8, 4) is 0 Å². The molecule has 3 heterocycles. The first kappa shape index (κ1) is 28.8. The molecule has 1 fully saturated rings. The Morgan fingerprint density at radius 3 is 2.56 bits per heavy atom. The summed E-state index contributed by atoms with van der Waals surface area (Å²) in [6.45, 7) is 8.84. The van der Waals surface area contributed by atoms with E-state index in [2.05, 4.69) is 35.2 Å². The van der Waals surface area contributed by atoms with Crippen molar-refractivity contribution in [2.75, 3.05) is 6.54 Å². The highest BCUT2D eigenvalue weighted by molar-refractivity contribution is 7.09. The molecular formula is C30H40N4O4S. The van der Waals surface area contributed by atoms with Crippen LogP contribution in [-0.2, 0) is 16.0 Å². The number of amides is 2. The maximum Gasteiger partial charge on any atom is 0.326 e. The first-order valence-electron chi connectivity index (χ1n) is 14.1. The standard InChI is InChI=1S/C30H40N4O4S/c1-5-19(4)16-24(29(36)33-14-8-11-26(33)30(37)38)32-28(35)20-12-13-25-23(17-20)31-27(18-22-10-9-15-39-22)34(25)21(6-2)7-3/h9-10,12-13,15,17,19,21,24,26H,5-8,11,14,16,18H2,1-4H3,(H,32,35)(H,37,38)/t19?,24-,26+/m0/s1. The number of nitrogens with zero attached hydrogens (tertiary/aromatic N) is 3. The summed E-state index contributed by atoms with van der Waals surface area (Å²) in [6, 6.07) is 8.43. The van der Waals surface area contributed by atoms with E-state index in [9.17, 15) is 19.5 Å². The molecule has 1 aliphatic rings. The van der Waals surface area contributed by atoms with Crippen LogP contribution in [0.25, 0.3) is 11.0 Å². The Kier molecular flexibility index (Phi) is 9.43. The van der Waals surface area contributed by atoms with Gasteiger partial charge in [-0.1, -0.05) is 40.2 Å². The quantitative estimate of drug-likeness (QED) is 0.302. The molecule has 1 saturated heterocycles. The van der Waals surface area contributed by atoms with Crippen LogP contribution in [0.1, 0.15) is 93.3 Å². The van der Waals surface area contributed by atoms with Crippen LogP contribution in [0.15, 0.2) is 35.7 Å². The Morgan fingerprint density at radius 2 is 1.92 bits per heavy atom. The van der Waals surface area contributed by atoms with Gasteiger partial charge in [0.15, 0.2) is 0 Å². The highest BCUT2D eigenvalue weighted by Crippen LogP contribution is 2.29. The summed E-state index contributed by atoms with van der Waals surface area (Å²) in [5.74, 6) is -0.473. The van der Waals surface area contributed by atoms with Gasteiger partial charge in [-0.25, -0.2) is 9.78 Å². The molecule has 4 rings (SSSR count). The van der Waals surface area contributed by atoms with E-state index in [0.29, 0.717) is 37.4 Å². The van der Waals surface area contributed by atoms with Gasteiger partial charge in [0, 0.05) is 29.4 Å². The minimum absolute atomic E-state index is 0.197. The number of rotatable bonds is 12. The number of hydrogen-bond donors (Lipinski definition) is 2. The molecule has 1 aromatic carbocycles. The van der Waals surface area contributed by atoms with Crippen LogP contribution in [-0.4, -0.2) is 56.0 Å². The lowest BCUT2D eigenvalue weighted by Crippen LogP contribution is -2.52. The fraction of sp³-hybridized carbons (Fsp3) is 0.533. The van der Waals surface area contributed by atoms with Crippen molar-refractivity contribution < 1.29 is 19.5 Å². The summed E-state index contributed by atoms with van der Waals surface area (Å²) < 4.78 is 2.31. The number of carbonyl (C=O) groups excluding carboxylic acids is 2. The predicted octanol–water partition coefficient (Wildman–Crippen LogP) is 5.66. The molecule has 39 heavy (non-hydrogen) atoms. The number of thiophene rings is 1. The Hall–Kier alpha value is -3.20. The summed E-state index contributed by atoms with van der Waals surface area (Å²) in [5.41, 5.74) is 2.20. The zero-order valence-corrected chi connectivity index (χ0v) is 24.2. The zero-order valence-electron chi connectivity index (χ0n) is 23.4. The Balaban J connectivity index is 1.62. The van der Waals surface area contributed by atoms with E-state index >= 15 is 0 Å². The molecule has 2 N–H and O–H groups in total. The number of hydrogen-bond acceptors (Lipinski definition) is 5. The molecule has 2 amide bonds. The molecule has 1 unspecified atom stereocenters. The molecule has 0 spiro atoms. The Morgan fingerprint density at radius 1 is 1.15 bits per heavy atom. The molecule has 1 aliphatic heterocycles. The summed E-state index contributed by atoms with van der Waals surface area (Å²) in [5, 5.41) is 14.6. The summed E-state index contributed by atoms with van der Waals surface area (Å²) in [6.07, 6.45) is 5.10. The minimum atomic E-state index is -0.994. The molecule has 2 aromatic heterocycles. The number of carboxylic acids is 1. The fourth-order valence-corrected chi connectivity index (χ4v) is 6.27. The smallest absolute Gasteiger partial charge is 0.326 e. The number of imidazole rings is 1. The summed E-state index contributed by atoms with van der Waals surface area (Å²) >= 11 is 1.71. The second kappa shape index (κ2) is 12.8. The zero-order chi connectivity index (χ0) is 28.1. The van der Waals surface area contributed by atoms with Crippen molar-refractivity contribution in [2.45, 2.75) is 90.8 Å². The molecule has 0 bridgehead atoms. The van der Waals surface area contributed by atoms with E-state index in [-0.39, 0.29) is 17.7 Å². The van der Waals surface area contributed by atoms with Gasteiger partial charge < -0.3 is 19.9 Å². The Labute approximate surface area is 234 Å². The average molecular weight is 553 g/mol. The van der Waals surface area contributed by atoms with E-state index in [0.717, 1.165) is 42.5 Å². The molecule has 0 aliphatic carbocycles. The van der Waals surface area contributed by atoms with Gasteiger partial charge in [0.05, 0.1) is 11.0 Å². The van der Waals surface area contributed by atoms with Gasteiger partial charge in [-0.2, -0.15) is 0 Å². The van der Waals surface area contributed by atoms with E-state index in [4.69, 9.17) is 4.98 Å². The third-order valence-corrected chi connectivity index (χ3v) is 8.88. The predicted molar refractivity (Wildman–Crippen MR) is 154 cm³/mol. The largest absolute Gasteiger partial charge is 0.480 e. The second-order valence-electron chi connectivity index (χ2n) is 10.6. The molecule has 210 valence electrons. The highest BCUT2D eigenvalue weighted by atomic mass is 32.1. The monoisotopic (exact) mass is 552 g/mol. The van der Waals surface area contributed by atoms with Gasteiger partial charge in [-0.15, -0.1) is 11.3 Å². The van der Waals surface area contributed by atoms with Crippen LogP contribution < -0.4 is 5.32 Å². The van der Waals surface area contributed by atoms with Crippen LogP contribution in [0.3, 0.4) is 0 Å². The van der Waals surface area contributed by atoms with E-state index in [1.165, 1.54) is 9.78 Å². The van der Waals surface area contributed by atoms with E-state index < -0.39 is 18.1 Å². The maximum atomic E-state index is 13.5. The summed E-state index contributed by atoms with van der Waals surface area (Å²) in [4.78, 5) is 46.3. The lowest BCUT2D eigenvalue weighted by Gasteiger charge is -2.28. The molecule has 8 nitrogen and oxygen atoms in total. The van der Waals surface area contributed by atoms with Crippen LogP contribution in [0.4, 0.5) is 0 Å². The topological polar surface area (TPSA) is 105 Å². The molecule has 3 atom stereocenters. The second-order valence-corrected chi connectivity index (χ2v) is 11.7. The van der Waals surface area contributed by atoms with Crippen LogP contribution in [0.5, 0.6) is 0 Å². The normalized spacial score (nSPS) is 17.1. The lowest BCUT2D eigenvalue weighted by atomic mass is 9.97. The van der Waals surface area contributed by atoms with Crippen molar-refractivity contribution >= 4 is 40.2 Å². The number of aliphatic carboxylic acids is 1. The number of likely N-dealkylation sites (tertiary alicyclic amines) is 1. The number of carbonyl (C=O) groups is 3. The van der Waals surface area contributed by atoms with Crippen LogP contribution in [0, 0.1) is 5.92 Å². The van der Waals surface area contributed by atoms with Crippen molar-refractivity contribution in [3.05, 3.63) is 52.0 Å². The van der Waals surface area contributed by atoms with Gasteiger partial charge in [0.25, 0.3) is 5.91 Å². The molecule has 0 saturated carbocycles. The Bertz CT molecular complexity index is 1300. The van der Waals surface area contributed by atoms with Crippen molar-refractivity contribution in [2.24, 2.45) is 5.92 Å². The molecular weight excluding hydrogens is 512 g/mol. The minimum Gasteiger partial charge on any atom is -0.480 e. The van der Waals surface area contributed by atoms with Crippen molar-refractivity contribution in [3.63, 3.8) is 0 Å². The van der Waals surface area contributed by atoms with Gasteiger partial charge in [-0.3, -0.25) is 9.59 Å².